The molecule has 1 aromatic carbocycles. The van der Waals surface area contributed by atoms with Crippen molar-refractivity contribution in [3.05, 3.63) is 34.9 Å². The first-order valence-electron chi connectivity index (χ1n) is 7.35. The Labute approximate surface area is 120 Å². The van der Waals surface area contributed by atoms with Gasteiger partial charge in [-0.2, -0.15) is 0 Å². The van der Waals surface area contributed by atoms with Gasteiger partial charge in [-0.25, -0.2) is 0 Å². The van der Waals surface area contributed by atoms with Gasteiger partial charge in [0.1, 0.15) is 0 Å². The van der Waals surface area contributed by atoms with Gasteiger partial charge >= 0.3 is 0 Å². The van der Waals surface area contributed by atoms with E-state index in [2.05, 4.69) is 17.4 Å². The Kier molecular flexibility index (Phi) is 4.11. The van der Waals surface area contributed by atoms with E-state index in [1.807, 2.05) is 12.1 Å². The van der Waals surface area contributed by atoms with Gasteiger partial charge in [-0.1, -0.05) is 43.0 Å². The van der Waals surface area contributed by atoms with Crippen molar-refractivity contribution in [1.82, 2.24) is 5.32 Å². The molecule has 19 heavy (non-hydrogen) atoms. The van der Waals surface area contributed by atoms with Crippen LogP contribution in [-0.2, 0) is 4.74 Å². The average Bonchev–Trinajstić information content (AvgIpc) is 2.64. The summed E-state index contributed by atoms with van der Waals surface area (Å²) in [6.07, 6.45) is 6.90. The molecule has 3 rings (SSSR count). The molecule has 2 nitrogen and oxygen atoms in total. The number of benzene rings is 1. The summed E-state index contributed by atoms with van der Waals surface area (Å²) in [5.74, 6) is 0. The molecule has 1 unspecified atom stereocenters. The summed E-state index contributed by atoms with van der Waals surface area (Å²) in [4.78, 5) is 0. The zero-order valence-electron chi connectivity index (χ0n) is 11.3. The van der Waals surface area contributed by atoms with E-state index in [4.69, 9.17) is 16.3 Å². The van der Waals surface area contributed by atoms with E-state index < -0.39 is 0 Å². The molecule has 1 saturated heterocycles. The van der Waals surface area contributed by atoms with Gasteiger partial charge in [0.25, 0.3) is 0 Å². The topological polar surface area (TPSA) is 21.3 Å². The number of hydrogen-bond acceptors (Lipinski definition) is 2. The lowest BCUT2D eigenvalue weighted by Gasteiger charge is -2.35. The Hall–Kier alpha value is -0.570. The van der Waals surface area contributed by atoms with Crippen molar-refractivity contribution in [2.24, 2.45) is 5.41 Å². The van der Waals surface area contributed by atoms with Crippen molar-refractivity contribution in [1.29, 1.82) is 0 Å². The van der Waals surface area contributed by atoms with Gasteiger partial charge in [0.15, 0.2) is 0 Å². The normalized spacial score (nSPS) is 27.1. The van der Waals surface area contributed by atoms with Crippen molar-refractivity contribution in [2.75, 3.05) is 19.7 Å². The molecule has 1 spiro atoms. The number of hydrogen-bond donors (Lipinski definition) is 1. The third kappa shape index (κ3) is 3.13. The maximum absolute atomic E-state index is 6.22. The minimum Gasteiger partial charge on any atom is -0.372 e. The van der Waals surface area contributed by atoms with Gasteiger partial charge in [-0.15, -0.1) is 0 Å². The van der Waals surface area contributed by atoms with Gasteiger partial charge in [0.05, 0.1) is 12.7 Å². The van der Waals surface area contributed by atoms with Gasteiger partial charge < -0.3 is 10.1 Å². The summed E-state index contributed by atoms with van der Waals surface area (Å²) in [5, 5.41) is 4.40. The second kappa shape index (κ2) is 5.82. The summed E-state index contributed by atoms with van der Waals surface area (Å²) in [7, 11) is 0. The molecule has 0 radical (unpaired) electrons. The lowest BCUT2D eigenvalue weighted by atomic mass is 9.74. The third-order valence-electron chi connectivity index (χ3n) is 4.58. The molecule has 2 aliphatic rings. The minimum atomic E-state index is 0.165. The molecule has 0 aromatic heterocycles. The molecule has 1 heterocycles. The first kappa shape index (κ1) is 13.4. The van der Waals surface area contributed by atoms with Crippen molar-refractivity contribution in [3.8, 4) is 0 Å². The number of nitrogens with one attached hydrogen (secondary N) is 1. The summed E-state index contributed by atoms with van der Waals surface area (Å²) in [5.41, 5.74) is 1.61. The van der Waals surface area contributed by atoms with Crippen LogP contribution < -0.4 is 5.32 Å². The molecular formula is C16H22ClNO. The number of rotatable bonds is 1. The van der Waals surface area contributed by atoms with Crippen LogP contribution in [0, 0.1) is 5.41 Å². The van der Waals surface area contributed by atoms with E-state index >= 15 is 0 Å². The minimum absolute atomic E-state index is 0.165. The van der Waals surface area contributed by atoms with Crippen LogP contribution in [0.4, 0.5) is 0 Å². The smallest absolute Gasteiger partial charge is 0.0949 e. The summed E-state index contributed by atoms with van der Waals surface area (Å²) in [6, 6.07) is 8.05. The fourth-order valence-electron chi connectivity index (χ4n) is 3.37. The monoisotopic (exact) mass is 279 g/mol. The highest BCUT2D eigenvalue weighted by Crippen LogP contribution is 2.38. The quantitative estimate of drug-likeness (QED) is 0.840. The molecule has 1 aliphatic carbocycles. The van der Waals surface area contributed by atoms with E-state index in [0.717, 1.165) is 24.7 Å². The Morgan fingerprint density at radius 2 is 1.84 bits per heavy atom. The first-order chi connectivity index (χ1) is 9.27. The van der Waals surface area contributed by atoms with Crippen LogP contribution in [0.2, 0.25) is 5.02 Å². The molecule has 2 fully saturated rings. The van der Waals surface area contributed by atoms with Crippen LogP contribution in [-0.4, -0.2) is 19.7 Å². The van der Waals surface area contributed by atoms with Crippen molar-refractivity contribution < 1.29 is 4.74 Å². The molecule has 0 amide bonds. The standard InChI is InChI=1S/C16H22ClNO/c17-14-6-4-13(5-7-14)15-10-18-11-16(12-19-15)8-2-1-3-9-16/h4-7,15,18H,1-3,8-12H2. The first-order valence-corrected chi connectivity index (χ1v) is 7.73. The zero-order chi connectivity index (χ0) is 13.1. The van der Waals surface area contributed by atoms with Crippen molar-refractivity contribution in [2.45, 2.75) is 38.2 Å². The predicted octanol–water partition coefficient (Wildman–Crippen LogP) is 3.95. The summed E-state index contributed by atoms with van der Waals surface area (Å²) in [6.45, 7) is 2.91. The second-order valence-electron chi connectivity index (χ2n) is 6.04. The fourth-order valence-corrected chi connectivity index (χ4v) is 3.50. The molecule has 1 atom stereocenters. The maximum Gasteiger partial charge on any atom is 0.0949 e. The zero-order valence-corrected chi connectivity index (χ0v) is 12.1. The molecule has 0 bridgehead atoms. The lowest BCUT2D eigenvalue weighted by Crippen LogP contribution is -2.37. The van der Waals surface area contributed by atoms with Crippen LogP contribution in [0.15, 0.2) is 24.3 Å². The lowest BCUT2D eigenvalue weighted by molar-refractivity contribution is -0.00140. The Bertz CT molecular complexity index is 411. The van der Waals surface area contributed by atoms with Crippen LogP contribution in [0.3, 0.4) is 0 Å². The largest absolute Gasteiger partial charge is 0.372 e. The van der Waals surface area contributed by atoms with Gasteiger partial charge in [-0.05, 0) is 30.5 Å². The summed E-state index contributed by atoms with van der Waals surface area (Å²) < 4.78 is 6.22. The molecule has 1 N–H and O–H groups in total. The predicted molar refractivity (Wildman–Crippen MR) is 78.5 cm³/mol. The average molecular weight is 280 g/mol. The molecular weight excluding hydrogens is 258 g/mol. The fraction of sp³-hybridized carbons (Fsp3) is 0.625. The molecule has 3 heteroatoms. The molecule has 1 aliphatic heterocycles. The van der Waals surface area contributed by atoms with Crippen LogP contribution in [0.1, 0.15) is 43.8 Å². The SMILES string of the molecule is Clc1ccc(C2CNCC3(CCCCC3)CO2)cc1. The van der Waals surface area contributed by atoms with E-state index in [1.54, 1.807) is 0 Å². The van der Waals surface area contributed by atoms with E-state index in [0.29, 0.717) is 5.41 Å². The van der Waals surface area contributed by atoms with E-state index in [1.165, 1.54) is 37.7 Å². The Morgan fingerprint density at radius 3 is 2.58 bits per heavy atom. The van der Waals surface area contributed by atoms with Crippen LogP contribution in [0.5, 0.6) is 0 Å². The van der Waals surface area contributed by atoms with Gasteiger partial charge in [-0.3, -0.25) is 0 Å². The van der Waals surface area contributed by atoms with E-state index in [-0.39, 0.29) is 6.10 Å². The van der Waals surface area contributed by atoms with Gasteiger partial charge in [0, 0.05) is 23.5 Å². The summed E-state index contributed by atoms with van der Waals surface area (Å²) >= 11 is 5.94. The number of halogens is 1. The van der Waals surface area contributed by atoms with E-state index in [9.17, 15) is 0 Å². The molecule has 104 valence electrons. The highest BCUT2D eigenvalue weighted by atomic mass is 35.5. The van der Waals surface area contributed by atoms with Crippen LogP contribution >= 0.6 is 11.6 Å². The maximum atomic E-state index is 6.22. The molecule has 1 aromatic rings. The third-order valence-corrected chi connectivity index (χ3v) is 4.83. The van der Waals surface area contributed by atoms with Crippen molar-refractivity contribution >= 4 is 11.6 Å². The van der Waals surface area contributed by atoms with Gasteiger partial charge in [0.2, 0.25) is 0 Å². The Balaban J connectivity index is 1.68. The number of ether oxygens (including phenoxy) is 1. The highest BCUT2D eigenvalue weighted by molar-refractivity contribution is 6.30. The Morgan fingerprint density at radius 1 is 1.11 bits per heavy atom. The van der Waals surface area contributed by atoms with Crippen molar-refractivity contribution in [3.63, 3.8) is 0 Å². The molecule has 1 saturated carbocycles. The van der Waals surface area contributed by atoms with Crippen LogP contribution in [0.25, 0.3) is 0 Å². The highest BCUT2D eigenvalue weighted by Gasteiger charge is 2.35. The second-order valence-corrected chi connectivity index (χ2v) is 6.48.